The summed E-state index contributed by atoms with van der Waals surface area (Å²) in [6.07, 6.45) is 2.14. The van der Waals surface area contributed by atoms with Crippen molar-refractivity contribution in [3.63, 3.8) is 0 Å². The predicted octanol–water partition coefficient (Wildman–Crippen LogP) is 1.36. The third-order valence-electron chi connectivity index (χ3n) is 3.92. The Morgan fingerprint density at radius 1 is 1.26 bits per heavy atom. The molecule has 5 heteroatoms. The number of phenols is 1. The summed E-state index contributed by atoms with van der Waals surface area (Å²) in [6.45, 7) is 0. The number of nitrogens with one attached hydrogen (secondary N) is 1. The Morgan fingerprint density at radius 3 is 2.68 bits per heavy atom. The number of aliphatic imine (C=N–C) groups is 1. The van der Waals surface area contributed by atoms with Gasteiger partial charge in [0.05, 0.1) is 18.0 Å². The van der Waals surface area contributed by atoms with Crippen molar-refractivity contribution in [1.29, 1.82) is 0 Å². The second-order valence-electron chi connectivity index (χ2n) is 5.19. The SMILES string of the molecule is O=C(O)C1CCC2N=C(c3ccc(O)cc3)NC2C1. The van der Waals surface area contributed by atoms with Crippen LogP contribution in [0.2, 0.25) is 0 Å². The topological polar surface area (TPSA) is 81.9 Å². The molecular formula is C14H16N2O3. The van der Waals surface area contributed by atoms with Gasteiger partial charge < -0.3 is 15.5 Å². The molecule has 0 aromatic heterocycles. The average Bonchev–Trinajstić information content (AvgIpc) is 2.82. The van der Waals surface area contributed by atoms with E-state index in [0.717, 1.165) is 17.8 Å². The molecule has 19 heavy (non-hydrogen) atoms. The van der Waals surface area contributed by atoms with Gasteiger partial charge in [-0.1, -0.05) is 0 Å². The Balaban J connectivity index is 1.75. The summed E-state index contributed by atoms with van der Waals surface area (Å²) in [4.78, 5) is 15.7. The van der Waals surface area contributed by atoms with E-state index in [1.165, 1.54) is 0 Å². The maximum absolute atomic E-state index is 11.0. The van der Waals surface area contributed by atoms with Crippen LogP contribution in [0, 0.1) is 5.92 Å². The van der Waals surface area contributed by atoms with E-state index in [1.807, 2.05) is 12.1 Å². The largest absolute Gasteiger partial charge is 0.508 e. The molecule has 3 N–H and O–H groups in total. The molecule has 1 saturated carbocycles. The number of aliphatic carboxylic acids is 1. The molecule has 5 nitrogen and oxygen atoms in total. The Labute approximate surface area is 111 Å². The van der Waals surface area contributed by atoms with Crippen LogP contribution in [-0.4, -0.2) is 34.1 Å². The Morgan fingerprint density at radius 2 is 2.00 bits per heavy atom. The lowest BCUT2D eigenvalue weighted by Crippen LogP contribution is -2.41. The third kappa shape index (κ3) is 2.28. The number of hydrogen-bond acceptors (Lipinski definition) is 4. The molecule has 0 radical (unpaired) electrons. The number of phenolic OH excluding ortho intramolecular Hbond substituents is 1. The molecule has 1 heterocycles. The third-order valence-corrected chi connectivity index (χ3v) is 3.92. The molecule has 3 atom stereocenters. The lowest BCUT2D eigenvalue weighted by Gasteiger charge is -2.28. The van der Waals surface area contributed by atoms with Crippen molar-refractivity contribution in [2.45, 2.75) is 31.3 Å². The molecule has 0 spiro atoms. The van der Waals surface area contributed by atoms with Gasteiger partial charge in [0.1, 0.15) is 11.6 Å². The van der Waals surface area contributed by atoms with Crippen molar-refractivity contribution in [3.8, 4) is 5.75 Å². The van der Waals surface area contributed by atoms with Crippen LogP contribution in [0.15, 0.2) is 29.3 Å². The highest BCUT2D eigenvalue weighted by Crippen LogP contribution is 2.30. The van der Waals surface area contributed by atoms with Gasteiger partial charge >= 0.3 is 5.97 Å². The first kappa shape index (κ1) is 12.0. The van der Waals surface area contributed by atoms with Gasteiger partial charge in [0.2, 0.25) is 0 Å². The van der Waals surface area contributed by atoms with Crippen LogP contribution in [-0.2, 0) is 4.79 Å². The highest BCUT2D eigenvalue weighted by molar-refractivity contribution is 6.00. The molecule has 3 rings (SSSR count). The second-order valence-corrected chi connectivity index (χ2v) is 5.19. The van der Waals surface area contributed by atoms with Crippen molar-refractivity contribution in [2.24, 2.45) is 10.9 Å². The van der Waals surface area contributed by atoms with E-state index in [9.17, 15) is 9.90 Å². The summed E-state index contributed by atoms with van der Waals surface area (Å²) in [5.41, 5.74) is 0.930. The number of carboxylic acids is 1. The van der Waals surface area contributed by atoms with Gasteiger partial charge in [-0.15, -0.1) is 0 Å². The van der Waals surface area contributed by atoms with Gasteiger partial charge in [0.25, 0.3) is 0 Å². The minimum absolute atomic E-state index is 0.124. The second kappa shape index (κ2) is 4.57. The molecule has 100 valence electrons. The summed E-state index contributed by atoms with van der Waals surface area (Å²) in [6, 6.07) is 7.18. The fraction of sp³-hybridized carbons (Fsp3) is 0.429. The maximum atomic E-state index is 11.0. The smallest absolute Gasteiger partial charge is 0.306 e. The number of fused-ring (bicyclic) bond motifs is 1. The highest BCUT2D eigenvalue weighted by Gasteiger charge is 2.37. The van der Waals surface area contributed by atoms with Crippen LogP contribution >= 0.6 is 0 Å². The number of carbonyl (C=O) groups is 1. The summed E-state index contributed by atoms with van der Waals surface area (Å²) >= 11 is 0. The number of rotatable bonds is 2. The minimum Gasteiger partial charge on any atom is -0.508 e. The molecule has 3 unspecified atom stereocenters. The first-order valence-corrected chi connectivity index (χ1v) is 6.50. The van der Waals surface area contributed by atoms with E-state index in [4.69, 9.17) is 5.11 Å². The fourth-order valence-corrected chi connectivity index (χ4v) is 2.84. The van der Waals surface area contributed by atoms with Gasteiger partial charge in [0.15, 0.2) is 0 Å². The Kier molecular flexibility index (Phi) is 2.89. The summed E-state index contributed by atoms with van der Waals surface area (Å²) in [5, 5.41) is 21.7. The zero-order valence-corrected chi connectivity index (χ0v) is 10.4. The first-order valence-electron chi connectivity index (χ1n) is 6.50. The highest BCUT2D eigenvalue weighted by atomic mass is 16.4. The molecule has 1 aliphatic heterocycles. The number of amidine groups is 1. The molecule has 0 bridgehead atoms. The van der Waals surface area contributed by atoms with Crippen LogP contribution in [0.4, 0.5) is 0 Å². The van der Waals surface area contributed by atoms with Gasteiger partial charge in [-0.2, -0.15) is 0 Å². The van der Waals surface area contributed by atoms with Crippen molar-refractivity contribution in [2.75, 3.05) is 0 Å². The van der Waals surface area contributed by atoms with Crippen molar-refractivity contribution < 1.29 is 15.0 Å². The first-order chi connectivity index (χ1) is 9.13. The minimum atomic E-state index is -0.710. The van der Waals surface area contributed by atoms with Crippen molar-refractivity contribution >= 4 is 11.8 Å². The normalized spacial score (nSPS) is 29.3. The van der Waals surface area contributed by atoms with E-state index >= 15 is 0 Å². The van der Waals surface area contributed by atoms with E-state index < -0.39 is 5.97 Å². The Bertz CT molecular complexity index is 524. The number of aromatic hydroxyl groups is 1. The number of carboxylic acid groups (broad SMARTS) is 1. The van der Waals surface area contributed by atoms with E-state index in [-0.39, 0.29) is 23.8 Å². The van der Waals surface area contributed by atoms with Gasteiger partial charge in [0, 0.05) is 5.56 Å². The fourth-order valence-electron chi connectivity index (χ4n) is 2.84. The van der Waals surface area contributed by atoms with Crippen molar-refractivity contribution in [1.82, 2.24) is 5.32 Å². The summed E-state index contributed by atoms with van der Waals surface area (Å²) in [5.74, 6) is 0.0631. The molecule has 1 aromatic carbocycles. The number of hydrogen-bond donors (Lipinski definition) is 3. The molecule has 0 amide bonds. The van der Waals surface area contributed by atoms with Crippen LogP contribution in [0.1, 0.15) is 24.8 Å². The lowest BCUT2D eigenvalue weighted by atomic mass is 9.83. The zero-order chi connectivity index (χ0) is 13.4. The molecule has 2 aliphatic rings. The molecule has 1 aromatic rings. The van der Waals surface area contributed by atoms with Gasteiger partial charge in [-0.05, 0) is 43.5 Å². The molecule has 1 fully saturated rings. The number of nitrogens with zero attached hydrogens (tertiary/aromatic N) is 1. The molecular weight excluding hydrogens is 244 g/mol. The quantitative estimate of drug-likeness (QED) is 0.750. The van der Waals surface area contributed by atoms with Crippen LogP contribution < -0.4 is 5.32 Å². The average molecular weight is 260 g/mol. The van der Waals surface area contributed by atoms with Gasteiger partial charge in [-0.25, -0.2) is 0 Å². The molecule has 0 saturated heterocycles. The lowest BCUT2D eigenvalue weighted by molar-refractivity contribution is -0.143. The predicted molar refractivity (Wildman–Crippen MR) is 70.3 cm³/mol. The van der Waals surface area contributed by atoms with E-state index in [1.54, 1.807) is 12.1 Å². The summed E-state index contributed by atoms with van der Waals surface area (Å²) < 4.78 is 0. The van der Waals surface area contributed by atoms with Crippen LogP contribution in [0.25, 0.3) is 0 Å². The maximum Gasteiger partial charge on any atom is 0.306 e. The standard InChI is InChI=1S/C14H16N2O3/c17-10-4-1-8(2-5-10)13-15-11-6-3-9(14(18)19)7-12(11)16-13/h1-2,4-5,9,11-12,17H,3,6-7H2,(H,15,16)(H,18,19). The van der Waals surface area contributed by atoms with Crippen LogP contribution in [0.5, 0.6) is 5.75 Å². The van der Waals surface area contributed by atoms with E-state index in [0.29, 0.717) is 12.8 Å². The zero-order valence-electron chi connectivity index (χ0n) is 10.4. The summed E-state index contributed by atoms with van der Waals surface area (Å²) in [7, 11) is 0. The Hall–Kier alpha value is -2.04. The monoisotopic (exact) mass is 260 g/mol. The number of benzene rings is 1. The van der Waals surface area contributed by atoms with Gasteiger partial charge in [-0.3, -0.25) is 9.79 Å². The molecule has 1 aliphatic carbocycles. The van der Waals surface area contributed by atoms with Crippen molar-refractivity contribution in [3.05, 3.63) is 29.8 Å². The van der Waals surface area contributed by atoms with Crippen LogP contribution in [0.3, 0.4) is 0 Å². The van der Waals surface area contributed by atoms with E-state index in [2.05, 4.69) is 10.3 Å².